The maximum Gasteiger partial charge on any atom is 0.259 e. The Morgan fingerprint density at radius 3 is 2.32 bits per heavy atom. The number of pyridine rings is 1. The SMILES string of the molecule is Cc1noc2nc(-c3cccs3)cc(C(=O)Nc3ccc(NC(=O)C(C)(C)C)cc3)c12. The van der Waals surface area contributed by atoms with E-state index in [0.717, 1.165) is 4.88 Å². The maximum absolute atomic E-state index is 13.1. The summed E-state index contributed by atoms with van der Waals surface area (Å²) in [7, 11) is 0. The molecule has 2 N–H and O–H groups in total. The summed E-state index contributed by atoms with van der Waals surface area (Å²) in [5, 5.41) is 12.3. The fourth-order valence-electron chi connectivity index (χ4n) is 2.98. The monoisotopic (exact) mass is 434 g/mol. The highest BCUT2D eigenvalue weighted by atomic mass is 32.1. The van der Waals surface area contributed by atoms with Gasteiger partial charge in [0.2, 0.25) is 5.91 Å². The van der Waals surface area contributed by atoms with Crippen LogP contribution in [0.4, 0.5) is 11.4 Å². The van der Waals surface area contributed by atoms with Gasteiger partial charge < -0.3 is 15.2 Å². The lowest BCUT2D eigenvalue weighted by Crippen LogP contribution is -2.27. The first-order chi connectivity index (χ1) is 14.7. The number of rotatable bonds is 4. The predicted octanol–water partition coefficient (Wildman–Crippen LogP) is 5.50. The molecular formula is C23H22N4O3S. The van der Waals surface area contributed by atoms with Gasteiger partial charge in [-0.05, 0) is 48.7 Å². The van der Waals surface area contributed by atoms with Gasteiger partial charge in [0.25, 0.3) is 11.6 Å². The third-order valence-corrected chi connectivity index (χ3v) is 5.61. The van der Waals surface area contributed by atoms with E-state index in [1.165, 1.54) is 11.3 Å². The molecule has 158 valence electrons. The van der Waals surface area contributed by atoms with Crippen molar-refractivity contribution in [3.8, 4) is 10.6 Å². The number of hydrogen-bond acceptors (Lipinski definition) is 6. The van der Waals surface area contributed by atoms with E-state index in [2.05, 4.69) is 20.8 Å². The van der Waals surface area contributed by atoms with E-state index < -0.39 is 5.41 Å². The maximum atomic E-state index is 13.1. The summed E-state index contributed by atoms with van der Waals surface area (Å²) in [5.74, 6) is -0.365. The van der Waals surface area contributed by atoms with Gasteiger partial charge in [-0.1, -0.05) is 32.0 Å². The molecule has 3 heterocycles. The van der Waals surface area contributed by atoms with Gasteiger partial charge >= 0.3 is 0 Å². The molecule has 31 heavy (non-hydrogen) atoms. The first kappa shape index (κ1) is 20.7. The normalized spacial score (nSPS) is 11.5. The second-order valence-electron chi connectivity index (χ2n) is 8.22. The van der Waals surface area contributed by atoms with Crippen LogP contribution < -0.4 is 10.6 Å². The Kier molecular flexibility index (Phi) is 5.32. The largest absolute Gasteiger partial charge is 0.335 e. The van der Waals surface area contributed by atoms with Crippen molar-refractivity contribution in [1.82, 2.24) is 10.1 Å². The minimum absolute atomic E-state index is 0.0764. The summed E-state index contributed by atoms with van der Waals surface area (Å²) >= 11 is 1.53. The minimum atomic E-state index is -0.490. The molecular weight excluding hydrogens is 412 g/mol. The number of fused-ring (bicyclic) bond motifs is 1. The van der Waals surface area contributed by atoms with Crippen LogP contribution in [0, 0.1) is 12.3 Å². The highest BCUT2D eigenvalue weighted by Crippen LogP contribution is 2.30. The fraction of sp³-hybridized carbons (Fsp3) is 0.217. The summed E-state index contributed by atoms with van der Waals surface area (Å²) in [6.45, 7) is 7.33. The Balaban J connectivity index is 1.60. The van der Waals surface area contributed by atoms with E-state index in [-0.39, 0.29) is 11.8 Å². The van der Waals surface area contributed by atoms with E-state index in [1.54, 1.807) is 37.3 Å². The van der Waals surface area contributed by atoms with E-state index in [4.69, 9.17) is 4.52 Å². The predicted molar refractivity (Wildman–Crippen MR) is 122 cm³/mol. The number of benzene rings is 1. The zero-order chi connectivity index (χ0) is 22.2. The summed E-state index contributed by atoms with van der Waals surface area (Å²) in [6.07, 6.45) is 0. The lowest BCUT2D eigenvalue weighted by Gasteiger charge is -2.17. The summed E-state index contributed by atoms with van der Waals surface area (Å²) in [4.78, 5) is 30.7. The molecule has 2 amide bonds. The van der Waals surface area contributed by atoms with Gasteiger partial charge in [0.05, 0.1) is 27.2 Å². The van der Waals surface area contributed by atoms with Crippen molar-refractivity contribution in [2.24, 2.45) is 5.41 Å². The second-order valence-corrected chi connectivity index (χ2v) is 9.16. The van der Waals surface area contributed by atoms with Crippen LogP contribution in [0.3, 0.4) is 0 Å². The second kappa shape index (κ2) is 7.96. The van der Waals surface area contributed by atoms with Crippen LogP contribution in [0.2, 0.25) is 0 Å². The van der Waals surface area contributed by atoms with E-state index >= 15 is 0 Å². The molecule has 3 aromatic heterocycles. The van der Waals surface area contributed by atoms with Gasteiger partial charge in [-0.15, -0.1) is 11.3 Å². The Labute approximate surface area is 183 Å². The van der Waals surface area contributed by atoms with Crippen LogP contribution in [0.1, 0.15) is 36.8 Å². The van der Waals surface area contributed by atoms with Crippen molar-refractivity contribution >= 4 is 45.6 Å². The number of thiophene rings is 1. The number of anilines is 2. The summed E-state index contributed by atoms with van der Waals surface area (Å²) < 4.78 is 5.33. The quantitative estimate of drug-likeness (QED) is 0.442. The van der Waals surface area contributed by atoms with Crippen molar-refractivity contribution in [3.05, 3.63) is 59.1 Å². The Morgan fingerprint density at radius 2 is 1.71 bits per heavy atom. The Bertz CT molecular complexity index is 1250. The Hall–Kier alpha value is -3.52. The van der Waals surface area contributed by atoms with Gasteiger partial charge in [0.1, 0.15) is 0 Å². The number of hydrogen-bond donors (Lipinski definition) is 2. The van der Waals surface area contributed by atoms with E-state index in [0.29, 0.717) is 39.4 Å². The Morgan fingerprint density at radius 1 is 1.03 bits per heavy atom. The minimum Gasteiger partial charge on any atom is -0.335 e. The summed E-state index contributed by atoms with van der Waals surface area (Å²) in [5.41, 5.74) is 2.81. The van der Waals surface area contributed by atoms with Crippen molar-refractivity contribution in [3.63, 3.8) is 0 Å². The van der Waals surface area contributed by atoms with Crippen LogP contribution in [0.5, 0.6) is 0 Å². The van der Waals surface area contributed by atoms with Crippen LogP contribution >= 0.6 is 11.3 Å². The zero-order valence-corrected chi connectivity index (χ0v) is 18.5. The summed E-state index contributed by atoms with van der Waals surface area (Å²) in [6, 6.07) is 12.6. The molecule has 7 nitrogen and oxygen atoms in total. The molecule has 0 aliphatic carbocycles. The number of aryl methyl sites for hydroxylation is 1. The number of nitrogens with one attached hydrogen (secondary N) is 2. The van der Waals surface area contributed by atoms with E-state index in [1.807, 2.05) is 38.3 Å². The molecule has 0 aliphatic heterocycles. The molecule has 1 aromatic carbocycles. The van der Waals surface area contributed by atoms with Crippen molar-refractivity contribution in [2.45, 2.75) is 27.7 Å². The molecule has 0 bridgehead atoms. The number of aromatic nitrogens is 2. The van der Waals surface area contributed by atoms with Gasteiger partial charge in [-0.3, -0.25) is 9.59 Å². The smallest absolute Gasteiger partial charge is 0.259 e. The van der Waals surface area contributed by atoms with Crippen LogP contribution in [0.15, 0.2) is 52.4 Å². The number of amides is 2. The van der Waals surface area contributed by atoms with Crippen LogP contribution in [-0.4, -0.2) is 22.0 Å². The third kappa shape index (κ3) is 4.34. The average molecular weight is 435 g/mol. The standard InChI is InChI=1S/C23H22N4O3S/c1-13-19-16(12-17(18-6-5-11-31-18)26-21(19)30-27-13)20(28)24-14-7-9-15(10-8-14)25-22(29)23(2,3)4/h5-12H,1-4H3,(H,24,28)(H,25,29). The molecule has 0 atom stereocenters. The van der Waals surface area contributed by atoms with Crippen LogP contribution in [-0.2, 0) is 4.79 Å². The number of carbonyl (C=O) groups excluding carboxylic acids is 2. The molecule has 0 saturated heterocycles. The average Bonchev–Trinajstić information content (AvgIpc) is 3.38. The lowest BCUT2D eigenvalue weighted by molar-refractivity contribution is -0.123. The molecule has 0 fully saturated rings. The van der Waals surface area contributed by atoms with Crippen molar-refractivity contribution < 1.29 is 14.1 Å². The molecule has 4 rings (SSSR count). The van der Waals surface area contributed by atoms with E-state index in [9.17, 15) is 9.59 Å². The van der Waals surface area contributed by atoms with Gasteiger partial charge in [0, 0.05) is 16.8 Å². The first-order valence-corrected chi connectivity index (χ1v) is 10.6. The molecule has 0 aliphatic rings. The number of nitrogens with zero attached hydrogens (tertiary/aromatic N) is 2. The highest BCUT2D eigenvalue weighted by Gasteiger charge is 2.22. The topological polar surface area (TPSA) is 97.1 Å². The molecule has 0 saturated carbocycles. The first-order valence-electron chi connectivity index (χ1n) is 9.76. The fourth-order valence-corrected chi connectivity index (χ4v) is 3.66. The van der Waals surface area contributed by atoms with Crippen molar-refractivity contribution in [1.29, 1.82) is 0 Å². The number of carbonyl (C=O) groups is 2. The molecule has 0 radical (unpaired) electrons. The highest BCUT2D eigenvalue weighted by molar-refractivity contribution is 7.13. The lowest BCUT2D eigenvalue weighted by atomic mass is 9.95. The zero-order valence-electron chi connectivity index (χ0n) is 17.6. The van der Waals surface area contributed by atoms with Gasteiger partial charge in [-0.2, -0.15) is 0 Å². The van der Waals surface area contributed by atoms with Crippen LogP contribution in [0.25, 0.3) is 21.7 Å². The molecule has 0 spiro atoms. The van der Waals surface area contributed by atoms with Gasteiger partial charge in [0.15, 0.2) is 0 Å². The molecule has 0 unspecified atom stereocenters. The molecule has 8 heteroatoms. The van der Waals surface area contributed by atoms with Crippen molar-refractivity contribution in [2.75, 3.05) is 10.6 Å². The third-order valence-electron chi connectivity index (χ3n) is 4.72. The molecule has 4 aromatic rings. The van der Waals surface area contributed by atoms with Gasteiger partial charge in [-0.25, -0.2) is 4.98 Å².